The van der Waals surface area contributed by atoms with Crippen molar-refractivity contribution in [3.8, 4) is 0 Å². The minimum absolute atomic E-state index is 0.150. The van der Waals surface area contributed by atoms with Crippen LogP contribution in [0.25, 0.3) is 0 Å². The molecule has 2 fully saturated rings. The third kappa shape index (κ3) is 3.42. The molecule has 1 aliphatic carbocycles. The monoisotopic (exact) mass is 260 g/mol. The molecule has 100 valence electrons. The first-order valence-corrected chi connectivity index (χ1v) is 8.16. The maximum absolute atomic E-state index is 12.2. The van der Waals surface area contributed by atoms with Crippen LogP contribution in [0.3, 0.4) is 0 Å². The van der Waals surface area contributed by atoms with Crippen LogP contribution >= 0.6 is 0 Å². The summed E-state index contributed by atoms with van der Waals surface area (Å²) in [6.45, 7) is 5.97. The van der Waals surface area contributed by atoms with Gasteiger partial charge in [-0.2, -0.15) is 0 Å². The lowest BCUT2D eigenvalue weighted by molar-refractivity contribution is 0.372. The summed E-state index contributed by atoms with van der Waals surface area (Å²) in [5.74, 6) is 0. The van der Waals surface area contributed by atoms with Crippen molar-refractivity contribution in [2.24, 2.45) is 5.41 Å². The molecule has 5 heteroatoms. The van der Waals surface area contributed by atoms with Crippen LogP contribution in [-0.2, 0) is 10.0 Å². The van der Waals surface area contributed by atoms with Crippen LogP contribution in [-0.4, -0.2) is 32.8 Å². The van der Waals surface area contributed by atoms with E-state index in [9.17, 15) is 8.42 Å². The van der Waals surface area contributed by atoms with Crippen LogP contribution in [0.15, 0.2) is 0 Å². The molecule has 1 saturated heterocycles. The number of hydrogen-bond donors (Lipinski definition) is 2. The fourth-order valence-electron chi connectivity index (χ4n) is 2.95. The molecule has 1 saturated carbocycles. The van der Waals surface area contributed by atoms with Crippen LogP contribution in [0.2, 0.25) is 0 Å². The van der Waals surface area contributed by atoms with Gasteiger partial charge in [-0.3, -0.25) is 0 Å². The fraction of sp³-hybridized carbons (Fsp3) is 1.00. The van der Waals surface area contributed by atoms with Gasteiger partial charge in [-0.15, -0.1) is 0 Å². The highest BCUT2D eigenvalue weighted by Crippen LogP contribution is 2.37. The molecule has 17 heavy (non-hydrogen) atoms. The summed E-state index contributed by atoms with van der Waals surface area (Å²) in [4.78, 5) is 0. The molecule has 0 amide bonds. The van der Waals surface area contributed by atoms with E-state index in [-0.39, 0.29) is 16.7 Å². The Hall–Kier alpha value is -0.130. The molecule has 2 unspecified atom stereocenters. The number of hydrogen-bond acceptors (Lipinski definition) is 3. The third-order valence-corrected chi connectivity index (χ3v) is 5.93. The van der Waals surface area contributed by atoms with E-state index in [4.69, 9.17) is 0 Å². The van der Waals surface area contributed by atoms with E-state index in [2.05, 4.69) is 23.9 Å². The van der Waals surface area contributed by atoms with Crippen LogP contribution in [0, 0.1) is 5.41 Å². The van der Waals surface area contributed by atoms with Gasteiger partial charge in [0.05, 0.1) is 5.25 Å². The van der Waals surface area contributed by atoms with Crippen molar-refractivity contribution in [3.63, 3.8) is 0 Å². The second-order valence-electron chi connectivity index (χ2n) is 6.24. The molecule has 0 bridgehead atoms. The van der Waals surface area contributed by atoms with Gasteiger partial charge in [0, 0.05) is 12.6 Å². The average Bonchev–Trinajstić information content (AvgIpc) is 2.58. The van der Waals surface area contributed by atoms with E-state index in [1.165, 1.54) is 0 Å². The molecule has 0 aromatic carbocycles. The van der Waals surface area contributed by atoms with Gasteiger partial charge in [-0.05, 0) is 44.1 Å². The van der Waals surface area contributed by atoms with Crippen LogP contribution in [0.4, 0.5) is 0 Å². The van der Waals surface area contributed by atoms with Gasteiger partial charge in [-0.1, -0.05) is 13.8 Å². The molecular formula is C12H24N2O2S. The molecule has 0 spiro atoms. The highest BCUT2D eigenvalue weighted by Gasteiger charge is 2.35. The molecule has 0 aromatic heterocycles. The topological polar surface area (TPSA) is 58.2 Å². The van der Waals surface area contributed by atoms with Crippen molar-refractivity contribution in [2.75, 3.05) is 13.1 Å². The summed E-state index contributed by atoms with van der Waals surface area (Å²) < 4.78 is 27.3. The normalized spacial score (nSPS) is 33.8. The fourth-order valence-corrected chi connectivity index (χ4v) is 4.62. The quantitative estimate of drug-likeness (QED) is 0.802. The summed E-state index contributed by atoms with van der Waals surface area (Å²) in [6.07, 6.45) is 4.81. The molecule has 0 radical (unpaired) electrons. The zero-order valence-corrected chi connectivity index (χ0v) is 11.6. The number of sulfonamides is 1. The van der Waals surface area contributed by atoms with Crippen molar-refractivity contribution in [2.45, 2.75) is 57.2 Å². The maximum atomic E-state index is 12.2. The lowest BCUT2D eigenvalue weighted by Gasteiger charge is -2.25. The molecule has 2 aliphatic rings. The number of rotatable bonds is 3. The van der Waals surface area contributed by atoms with Gasteiger partial charge >= 0.3 is 0 Å². The average molecular weight is 260 g/mol. The van der Waals surface area contributed by atoms with E-state index in [0.717, 1.165) is 38.6 Å². The van der Waals surface area contributed by atoms with Crippen LogP contribution < -0.4 is 10.0 Å². The summed E-state index contributed by atoms with van der Waals surface area (Å²) >= 11 is 0. The Morgan fingerprint density at radius 1 is 1.29 bits per heavy atom. The number of piperidine rings is 1. The van der Waals surface area contributed by atoms with Crippen molar-refractivity contribution in [3.05, 3.63) is 0 Å². The summed E-state index contributed by atoms with van der Waals surface area (Å²) in [7, 11) is -3.13. The van der Waals surface area contributed by atoms with Gasteiger partial charge in [0.1, 0.15) is 0 Å². The predicted octanol–water partition coefficient (Wildman–Crippen LogP) is 1.24. The Bertz CT molecular complexity index is 359. The van der Waals surface area contributed by atoms with Crippen molar-refractivity contribution < 1.29 is 8.42 Å². The first-order valence-electron chi connectivity index (χ1n) is 6.61. The lowest BCUT2D eigenvalue weighted by atomic mass is 9.92. The summed E-state index contributed by atoms with van der Waals surface area (Å²) in [5, 5.41) is 2.93. The molecule has 2 rings (SSSR count). The second-order valence-corrected chi connectivity index (χ2v) is 8.23. The Labute approximate surface area is 105 Å². The van der Waals surface area contributed by atoms with Crippen molar-refractivity contribution in [1.29, 1.82) is 0 Å². The Kier molecular flexibility index (Phi) is 3.80. The second kappa shape index (κ2) is 4.86. The molecule has 4 nitrogen and oxygen atoms in total. The van der Waals surface area contributed by atoms with E-state index >= 15 is 0 Å². The SMILES string of the molecule is CC1(C)CCC(NS(=O)(=O)C2CCCNC2)C1. The van der Waals surface area contributed by atoms with Gasteiger partial charge in [0.15, 0.2) is 0 Å². The van der Waals surface area contributed by atoms with E-state index in [1.807, 2.05) is 0 Å². The van der Waals surface area contributed by atoms with Crippen LogP contribution in [0.5, 0.6) is 0 Å². The van der Waals surface area contributed by atoms with Gasteiger partial charge in [0.25, 0.3) is 0 Å². The molecule has 1 aliphatic heterocycles. The van der Waals surface area contributed by atoms with E-state index in [0.29, 0.717) is 6.54 Å². The highest BCUT2D eigenvalue weighted by atomic mass is 32.2. The smallest absolute Gasteiger partial charge is 0.215 e. The van der Waals surface area contributed by atoms with Crippen molar-refractivity contribution >= 4 is 10.0 Å². The first-order chi connectivity index (χ1) is 7.89. The summed E-state index contributed by atoms with van der Waals surface area (Å²) in [5.41, 5.74) is 0.290. The largest absolute Gasteiger partial charge is 0.315 e. The Morgan fingerprint density at radius 2 is 2.06 bits per heavy atom. The van der Waals surface area contributed by atoms with Gasteiger partial charge < -0.3 is 5.32 Å². The first kappa shape index (κ1) is 13.3. The van der Waals surface area contributed by atoms with Gasteiger partial charge in [-0.25, -0.2) is 13.1 Å². The van der Waals surface area contributed by atoms with E-state index < -0.39 is 10.0 Å². The molecule has 0 aromatic rings. The molecule has 2 N–H and O–H groups in total. The molecular weight excluding hydrogens is 236 g/mol. The number of nitrogens with one attached hydrogen (secondary N) is 2. The Morgan fingerprint density at radius 3 is 2.59 bits per heavy atom. The predicted molar refractivity (Wildman–Crippen MR) is 69.4 cm³/mol. The third-order valence-electron chi connectivity index (χ3n) is 3.99. The zero-order chi connectivity index (χ0) is 12.5. The lowest BCUT2D eigenvalue weighted by Crippen LogP contribution is -2.46. The van der Waals surface area contributed by atoms with Gasteiger partial charge in [0.2, 0.25) is 10.0 Å². The minimum atomic E-state index is -3.13. The standard InChI is InChI=1S/C12H24N2O2S/c1-12(2)6-5-10(8-12)14-17(15,16)11-4-3-7-13-9-11/h10-11,13-14H,3-9H2,1-2H3. The maximum Gasteiger partial charge on any atom is 0.215 e. The molecule has 1 heterocycles. The highest BCUT2D eigenvalue weighted by molar-refractivity contribution is 7.90. The minimum Gasteiger partial charge on any atom is -0.315 e. The Balaban J connectivity index is 1.93. The van der Waals surface area contributed by atoms with Crippen LogP contribution in [0.1, 0.15) is 46.0 Å². The zero-order valence-electron chi connectivity index (χ0n) is 10.8. The molecule has 2 atom stereocenters. The summed E-state index contributed by atoms with van der Waals surface area (Å²) in [6, 6.07) is 0.150. The van der Waals surface area contributed by atoms with Crippen molar-refractivity contribution in [1.82, 2.24) is 10.0 Å². The van der Waals surface area contributed by atoms with E-state index in [1.54, 1.807) is 0 Å².